The van der Waals surface area contributed by atoms with Gasteiger partial charge < -0.3 is 0 Å². The minimum Gasteiger partial charge on any atom is -0.238 e. The second-order valence-corrected chi connectivity index (χ2v) is 6.53. The molecule has 1 heterocycles. The van der Waals surface area contributed by atoms with Crippen molar-refractivity contribution >= 4 is 11.8 Å². The van der Waals surface area contributed by atoms with Crippen molar-refractivity contribution in [3.05, 3.63) is 17.1 Å². The predicted molar refractivity (Wildman–Crippen MR) is 94.3 cm³/mol. The molecule has 0 aliphatic carbocycles. The molecular formula is C18H32N2S. The van der Waals surface area contributed by atoms with Crippen molar-refractivity contribution in [3.8, 4) is 0 Å². The summed E-state index contributed by atoms with van der Waals surface area (Å²) in [6.45, 7) is 6.71. The maximum atomic E-state index is 4.85. The van der Waals surface area contributed by atoms with E-state index in [0.717, 1.165) is 31.5 Å². The molecule has 0 aliphatic heterocycles. The van der Waals surface area contributed by atoms with Gasteiger partial charge in [0.15, 0.2) is 0 Å². The average molecular weight is 309 g/mol. The van der Waals surface area contributed by atoms with E-state index in [1.54, 1.807) is 11.8 Å². The van der Waals surface area contributed by atoms with Gasteiger partial charge in [-0.2, -0.15) is 0 Å². The molecular weight excluding hydrogens is 276 g/mol. The van der Waals surface area contributed by atoms with Crippen LogP contribution in [0.25, 0.3) is 0 Å². The van der Waals surface area contributed by atoms with E-state index in [9.17, 15) is 0 Å². The molecule has 0 bridgehead atoms. The Balaban J connectivity index is 2.82. The molecule has 0 aromatic carbocycles. The molecule has 1 aromatic rings. The zero-order valence-corrected chi connectivity index (χ0v) is 15.2. The minimum absolute atomic E-state index is 1.00. The Morgan fingerprint density at radius 1 is 0.762 bits per heavy atom. The molecule has 0 radical (unpaired) electrons. The highest BCUT2D eigenvalue weighted by molar-refractivity contribution is 7.98. The van der Waals surface area contributed by atoms with Gasteiger partial charge in [-0.3, -0.25) is 0 Å². The number of nitrogens with zero attached hydrogens (tertiary/aromatic N) is 2. The lowest BCUT2D eigenvalue weighted by atomic mass is 10.0. The maximum Gasteiger partial charge on any atom is 0.129 e. The molecule has 0 aliphatic rings. The van der Waals surface area contributed by atoms with E-state index in [0.29, 0.717) is 0 Å². The first-order valence-electron chi connectivity index (χ1n) is 8.69. The fourth-order valence-corrected chi connectivity index (χ4v) is 3.32. The lowest BCUT2D eigenvalue weighted by molar-refractivity contribution is 0.621. The monoisotopic (exact) mass is 308 g/mol. The van der Waals surface area contributed by atoms with Crippen LogP contribution in [0.15, 0.2) is 5.03 Å². The van der Waals surface area contributed by atoms with Gasteiger partial charge in [-0.1, -0.05) is 52.9 Å². The highest BCUT2D eigenvalue weighted by atomic mass is 32.2. The second-order valence-electron chi connectivity index (χ2n) is 5.74. The quantitative estimate of drug-likeness (QED) is 0.301. The van der Waals surface area contributed by atoms with Crippen LogP contribution in [0.4, 0.5) is 0 Å². The van der Waals surface area contributed by atoms with Gasteiger partial charge in [-0.05, 0) is 31.9 Å². The van der Waals surface area contributed by atoms with Gasteiger partial charge in [-0.25, -0.2) is 9.97 Å². The van der Waals surface area contributed by atoms with Crippen LogP contribution in [0.5, 0.6) is 0 Å². The van der Waals surface area contributed by atoms with Crippen LogP contribution >= 0.6 is 11.8 Å². The highest BCUT2D eigenvalue weighted by Crippen LogP contribution is 2.24. The van der Waals surface area contributed by atoms with E-state index in [1.165, 1.54) is 54.8 Å². The molecule has 0 fully saturated rings. The minimum atomic E-state index is 1.00. The number of aromatic nitrogens is 2. The summed E-state index contributed by atoms with van der Waals surface area (Å²) in [5, 5.41) is 1.23. The molecule has 0 atom stereocenters. The topological polar surface area (TPSA) is 25.8 Å². The average Bonchev–Trinajstić information content (AvgIpc) is 2.49. The molecule has 0 spiro atoms. The van der Waals surface area contributed by atoms with Gasteiger partial charge in [0.2, 0.25) is 0 Å². The zero-order chi connectivity index (χ0) is 15.5. The van der Waals surface area contributed by atoms with Gasteiger partial charge in [-0.15, -0.1) is 11.8 Å². The van der Waals surface area contributed by atoms with E-state index in [4.69, 9.17) is 9.97 Å². The van der Waals surface area contributed by atoms with Gasteiger partial charge in [0.05, 0.1) is 0 Å². The normalized spacial score (nSPS) is 11.0. The summed E-state index contributed by atoms with van der Waals surface area (Å²) in [7, 11) is 0. The van der Waals surface area contributed by atoms with Crippen LogP contribution < -0.4 is 0 Å². The Bertz CT molecular complexity index is 404. The number of hydrogen-bond donors (Lipinski definition) is 0. The zero-order valence-electron chi connectivity index (χ0n) is 14.4. The third kappa shape index (κ3) is 6.37. The van der Waals surface area contributed by atoms with E-state index in [-0.39, 0.29) is 0 Å². The Labute approximate surface area is 135 Å². The van der Waals surface area contributed by atoms with Crippen LogP contribution in [0.2, 0.25) is 0 Å². The second kappa shape index (κ2) is 11.1. The van der Waals surface area contributed by atoms with Crippen LogP contribution in [0.1, 0.15) is 82.8 Å². The molecule has 0 amide bonds. The van der Waals surface area contributed by atoms with E-state index < -0.39 is 0 Å². The SMILES string of the molecule is CCCCCCCc1c(CCC)nc(CCC)nc1SC. The fourth-order valence-electron chi connectivity index (χ4n) is 2.66. The van der Waals surface area contributed by atoms with Crippen molar-refractivity contribution in [3.63, 3.8) is 0 Å². The Hall–Kier alpha value is -0.570. The first-order valence-corrected chi connectivity index (χ1v) is 9.91. The molecule has 0 unspecified atom stereocenters. The fraction of sp³-hybridized carbons (Fsp3) is 0.778. The van der Waals surface area contributed by atoms with Gasteiger partial charge in [0, 0.05) is 17.7 Å². The standard InChI is InChI=1S/C18H32N2S/c1-5-8-9-10-11-14-15-16(12-6-2)19-17(13-7-3)20-18(15)21-4/h5-14H2,1-4H3. The van der Waals surface area contributed by atoms with Crippen molar-refractivity contribution in [2.24, 2.45) is 0 Å². The summed E-state index contributed by atoms with van der Waals surface area (Å²) in [6, 6.07) is 0. The van der Waals surface area contributed by atoms with Gasteiger partial charge in [0.1, 0.15) is 10.9 Å². The third-order valence-corrected chi connectivity index (χ3v) is 4.51. The Morgan fingerprint density at radius 3 is 2.10 bits per heavy atom. The smallest absolute Gasteiger partial charge is 0.129 e. The van der Waals surface area contributed by atoms with E-state index >= 15 is 0 Å². The molecule has 0 saturated carbocycles. The molecule has 0 N–H and O–H groups in total. The first-order chi connectivity index (χ1) is 10.3. The molecule has 2 nitrogen and oxygen atoms in total. The van der Waals surface area contributed by atoms with Gasteiger partial charge >= 0.3 is 0 Å². The van der Waals surface area contributed by atoms with Crippen molar-refractivity contribution in [2.45, 2.75) is 90.0 Å². The van der Waals surface area contributed by atoms with Crippen molar-refractivity contribution in [1.82, 2.24) is 9.97 Å². The number of rotatable bonds is 11. The summed E-state index contributed by atoms with van der Waals surface area (Å²) < 4.78 is 0. The molecule has 1 rings (SSSR count). The largest absolute Gasteiger partial charge is 0.238 e. The molecule has 0 saturated heterocycles. The molecule has 21 heavy (non-hydrogen) atoms. The summed E-state index contributed by atoms with van der Waals surface area (Å²) in [4.78, 5) is 9.64. The lowest BCUT2D eigenvalue weighted by Gasteiger charge is -2.14. The van der Waals surface area contributed by atoms with E-state index in [2.05, 4.69) is 27.0 Å². The maximum absolute atomic E-state index is 4.85. The third-order valence-electron chi connectivity index (χ3n) is 3.79. The lowest BCUT2D eigenvalue weighted by Crippen LogP contribution is -2.07. The number of aryl methyl sites for hydroxylation is 2. The van der Waals surface area contributed by atoms with Gasteiger partial charge in [0.25, 0.3) is 0 Å². The van der Waals surface area contributed by atoms with Crippen LogP contribution in [-0.4, -0.2) is 16.2 Å². The van der Waals surface area contributed by atoms with Crippen molar-refractivity contribution < 1.29 is 0 Å². The summed E-state index contributed by atoms with van der Waals surface area (Å²) >= 11 is 1.79. The summed E-state index contributed by atoms with van der Waals surface area (Å²) in [5.74, 6) is 1.04. The highest BCUT2D eigenvalue weighted by Gasteiger charge is 2.13. The van der Waals surface area contributed by atoms with Crippen LogP contribution in [0, 0.1) is 0 Å². The van der Waals surface area contributed by atoms with Crippen LogP contribution in [-0.2, 0) is 19.3 Å². The van der Waals surface area contributed by atoms with E-state index in [1.807, 2.05) is 0 Å². The number of thioether (sulfide) groups is 1. The molecule has 120 valence electrons. The summed E-state index contributed by atoms with van der Waals surface area (Å²) in [6.07, 6.45) is 14.3. The van der Waals surface area contributed by atoms with Crippen LogP contribution in [0.3, 0.4) is 0 Å². The van der Waals surface area contributed by atoms with Crippen molar-refractivity contribution in [2.75, 3.05) is 6.26 Å². The Morgan fingerprint density at radius 2 is 1.48 bits per heavy atom. The summed E-state index contributed by atoms with van der Waals surface area (Å²) in [5.41, 5.74) is 2.75. The number of unbranched alkanes of at least 4 members (excludes halogenated alkanes) is 4. The first kappa shape index (κ1) is 18.5. The molecule has 3 heteroatoms. The van der Waals surface area contributed by atoms with Crippen molar-refractivity contribution in [1.29, 1.82) is 0 Å². The molecule has 1 aromatic heterocycles. The predicted octanol–water partition coefficient (Wildman–Crippen LogP) is 5.62. The Kier molecular flexibility index (Phi) is 9.73. The number of hydrogen-bond acceptors (Lipinski definition) is 3.